The molecule has 1 atom stereocenters. The molecule has 0 saturated carbocycles. The van der Waals surface area contributed by atoms with Crippen molar-refractivity contribution in [2.45, 2.75) is 45.7 Å². The van der Waals surface area contributed by atoms with Gasteiger partial charge in [0.05, 0.1) is 12.2 Å². The van der Waals surface area contributed by atoms with Gasteiger partial charge in [0.15, 0.2) is 0 Å². The first-order valence-corrected chi connectivity index (χ1v) is 6.33. The van der Waals surface area contributed by atoms with E-state index in [0.717, 1.165) is 10.7 Å². The van der Waals surface area contributed by atoms with Crippen LogP contribution in [0.5, 0.6) is 0 Å². The van der Waals surface area contributed by atoms with Crippen molar-refractivity contribution in [2.75, 3.05) is 0 Å². The predicted octanol–water partition coefficient (Wildman–Crippen LogP) is 2.46. The van der Waals surface area contributed by atoms with Gasteiger partial charge in [0.25, 0.3) is 0 Å². The van der Waals surface area contributed by atoms with E-state index in [9.17, 15) is 4.79 Å². The number of carbonyl (C=O) groups excluding carboxylic acids is 1. The van der Waals surface area contributed by atoms with Crippen molar-refractivity contribution in [3.63, 3.8) is 0 Å². The molecule has 0 fully saturated rings. The van der Waals surface area contributed by atoms with Gasteiger partial charge in [-0.25, -0.2) is 4.98 Å². The smallest absolute Gasteiger partial charge is 0.221 e. The Kier molecular flexibility index (Phi) is 10.6. The highest BCUT2D eigenvalue weighted by Crippen LogP contribution is 2.17. The van der Waals surface area contributed by atoms with Crippen LogP contribution in [-0.4, -0.2) is 16.9 Å². The molecule has 3 N–H and O–H groups in total. The summed E-state index contributed by atoms with van der Waals surface area (Å²) >= 11 is 1.58. The first-order chi connectivity index (χ1) is 7.49. The number of hydrogen-bond acceptors (Lipinski definition) is 4. The first kappa shape index (κ1) is 20.0. The average molecular weight is 314 g/mol. The Morgan fingerprint density at radius 2 is 2.06 bits per heavy atom. The zero-order chi connectivity index (χ0) is 12.1. The van der Waals surface area contributed by atoms with E-state index in [-0.39, 0.29) is 36.8 Å². The number of nitrogens with two attached hydrogens (primary N) is 1. The topological polar surface area (TPSA) is 68.0 Å². The quantitative estimate of drug-likeness (QED) is 0.877. The molecule has 0 aromatic carbocycles. The van der Waals surface area contributed by atoms with Crippen LogP contribution in [0.4, 0.5) is 0 Å². The van der Waals surface area contributed by atoms with Gasteiger partial charge in [-0.15, -0.1) is 36.2 Å². The standard InChI is InChI=1S/C11H19N3OS.2ClH/c1-7(2)9-6-16-11(14-9)5-13-10(15)4-8(3)12;;/h6-8H,4-5,12H2,1-3H3,(H,13,15);2*1H. The van der Waals surface area contributed by atoms with Gasteiger partial charge in [-0.2, -0.15) is 0 Å². The van der Waals surface area contributed by atoms with Crippen molar-refractivity contribution in [1.82, 2.24) is 10.3 Å². The predicted molar refractivity (Wildman–Crippen MR) is 80.8 cm³/mol. The van der Waals surface area contributed by atoms with Gasteiger partial charge in [-0.05, 0) is 12.8 Å². The molecule has 1 heterocycles. The number of thiazole rings is 1. The number of amides is 1. The Morgan fingerprint density at radius 3 is 2.50 bits per heavy atom. The van der Waals surface area contributed by atoms with Crippen LogP contribution in [0.1, 0.15) is 43.8 Å². The fraction of sp³-hybridized carbons (Fsp3) is 0.636. The molecule has 0 aliphatic heterocycles. The van der Waals surface area contributed by atoms with Crippen LogP contribution in [0.25, 0.3) is 0 Å². The highest BCUT2D eigenvalue weighted by molar-refractivity contribution is 7.09. The van der Waals surface area contributed by atoms with E-state index in [4.69, 9.17) is 5.73 Å². The summed E-state index contributed by atoms with van der Waals surface area (Å²) < 4.78 is 0. The summed E-state index contributed by atoms with van der Waals surface area (Å²) in [6.45, 7) is 6.53. The van der Waals surface area contributed by atoms with Crippen molar-refractivity contribution in [1.29, 1.82) is 0 Å². The molecule has 0 bridgehead atoms. The van der Waals surface area contributed by atoms with Gasteiger partial charge in [0, 0.05) is 17.8 Å². The number of carbonyl (C=O) groups is 1. The maximum Gasteiger partial charge on any atom is 0.221 e. The third kappa shape index (κ3) is 7.16. The number of halogens is 2. The number of aromatic nitrogens is 1. The van der Waals surface area contributed by atoms with Crippen molar-refractivity contribution in [3.8, 4) is 0 Å². The Morgan fingerprint density at radius 1 is 1.44 bits per heavy atom. The molecular formula is C11H21Cl2N3OS. The number of rotatable bonds is 5. The van der Waals surface area contributed by atoms with E-state index < -0.39 is 0 Å². The van der Waals surface area contributed by atoms with Crippen LogP contribution < -0.4 is 11.1 Å². The van der Waals surface area contributed by atoms with Crippen molar-refractivity contribution in [3.05, 3.63) is 16.1 Å². The SMILES string of the molecule is CC(N)CC(=O)NCc1nc(C(C)C)cs1.Cl.Cl. The number of hydrogen-bond donors (Lipinski definition) is 2. The molecule has 106 valence electrons. The van der Waals surface area contributed by atoms with E-state index >= 15 is 0 Å². The molecule has 0 spiro atoms. The summed E-state index contributed by atoms with van der Waals surface area (Å²) in [5.41, 5.74) is 6.62. The summed E-state index contributed by atoms with van der Waals surface area (Å²) in [6.07, 6.45) is 0.364. The summed E-state index contributed by atoms with van der Waals surface area (Å²) in [6, 6.07) is -0.0949. The highest BCUT2D eigenvalue weighted by Gasteiger charge is 2.08. The average Bonchev–Trinajstić information content (AvgIpc) is 2.61. The van der Waals surface area contributed by atoms with E-state index in [0.29, 0.717) is 18.9 Å². The maximum atomic E-state index is 11.4. The van der Waals surface area contributed by atoms with Gasteiger partial charge >= 0.3 is 0 Å². The molecule has 1 unspecified atom stereocenters. The van der Waals surface area contributed by atoms with E-state index in [1.807, 2.05) is 12.3 Å². The molecule has 4 nitrogen and oxygen atoms in total. The lowest BCUT2D eigenvalue weighted by Gasteiger charge is -2.05. The summed E-state index contributed by atoms with van der Waals surface area (Å²) in [7, 11) is 0. The molecule has 0 aliphatic carbocycles. The largest absolute Gasteiger partial charge is 0.350 e. The van der Waals surface area contributed by atoms with Crippen molar-refractivity contribution >= 4 is 42.1 Å². The van der Waals surface area contributed by atoms with E-state index in [1.165, 1.54) is 0 Å². The van der Waals surface area contributed by atoms with Crippen molar-refractivity contribution < 1.29 is 4.79 Å². The Hall–Kier alpha value is -0.360. The lowest BCUT2D eigenvalue weighted by atomic mass is 10.2. The molecule has 0 aliphatic rings. The van der Waals surface area contributed by atoms with Crippen LogP contribution >= 0.6 is 36.2 Å². The number of nitrogens with one attached hydrogen (secondary N) is 1. The lowest BCUT2D eigenvalue weighted by molar-refractivity contribution is -0.121. The second-order valence-corrected chi connectivity index (χ2v) is 5.22. The van der Waals surface area contributed by atoms with Crippen LogP contribution in [0.3, 0.4) is 0 Å². The lowest BCUT2D eigenvalue weighted by Crippen LogP contribution is -2.29. The van der Waals surface area contributed by atoms with Gasteiger partial charge in [0.1, 0.15) is 5.01 Å². The number of nitrogens with zero attached hydrogens (tertiary/aromatic N) is 1. The molecule has 1 rings (SSSR count). The second-order valence-electron chi connectivity index (χ2n) is 4.28. The van der Waals surface area contributed by atoms with Crippen LogP contribution in [0, 0.1) is 0 Å². The minimum atomic E-state index is -0.0949. The van der Waals surface area contributed by atoms with Crippen LogP contribution in [0.2, 0.25) is 0 Å². The minimum absolute atomic E-state index is 0. The van der Waals surface area contributed by atoms with Gasteiger partial charge in [0.2, 0.25) is 5.91 Å². The molecule has 18 heavy (non-hydrogen) atoms. The zero-order valence-electron chi connectivity index (χ0n) is 10.8. The van der Waals surface area contributed by atoms with E-state index in [2.05, 4.69) is 24.1 Å². The van der Waals surface area contributed by atoms with Crippen molar-refractivity contribution in [2.24, 2.45) is 5.73 Å². The molecule has 0 radical (unpaired) electrons. The van der Waals surface area contributed by atoms with Gasteiger partial charge < -0.3 is 11.1 Å². The molecule has 1 amide bonds. The third-order valence-corrected chi connectivity index (χ3v) is 2.97. The Balaban J connectivity index is 0. The molecule has 7 heteroatoms. The zero-order valence-corrected chi connectivity index (χ0v) is 13.3. The second kappa shape index (κ2) is 9.55. The first-order valence-electron chi connectivity index (χ1n) is 5.45. The molecular weight excluding hydrogens is 293 g/mol. The van der Waals surface area contributed by atoms with Crippen LogP contribution in [0.15, 0.2) is 5.38 Å². The maximum absolute atomic E-state index is 11.4. The Labute approximate surface area is 125 Å². The van der Waals surface area contributed by atoms with Crippen LogP contribution in [-0.2, 0) is 11.3 Å². The fourth-order valence-electron chi connectivity index (χ4n) is 1.21. The summed E-state index contributed by atoms with van der Waals surface area (Å²) in [5.74, 6) is 0.418. The fourth-order valence-corrected chi connectivity index (χ4v) is 2.11. The summed E-state index contributed by atoms with van der Waals surface area (Å²) in [5, 5.41) is 5.80. The van der Waals surface area contributed by atoms with Gasteiger partial charge in [-0.3, -0.25) is 4.79 Å². The normalized spacial score (nSPS) is 11.4. The summed E-state index contributed by atoms with van der Waals surface area (Å²) in [4.78, 5) is 15.8. The molecule has 0 saturated heterocycles. The molecule has 1 aromatic heterocycles. The van der Waals surface area contributed by atoms with Gasteiger partial charge in [-0.1, -0.05) is 13.8 Å². The molecule has 1 aromatic rings. The Bertz CT molecular complexity index is 356. The van der Waals surface area contributed by atoms with E-state index in [1.54, 1.807) is 11.3 Å². The monoisotopic (exact) mass is 313 g/mol. The minimum Gasteiger partial charge on any atom is -0.350 e. The highest BCUT2D eigenvalue weighted by atomic mass is 35.5. The third-order valence-electron chi connectivity index (χ3n) is 2.11.